The van der Waals surface area contributed by atoms with Crippen LogP contribution in [0.25, 0.3) is 0 Å². The van der Waals surface area contributed by atoms with Gasteiger partial charge in [0.2, 0.25) is 0 Å². The maximum atomic E-state index is 5.45. The second kappa shape index (κ2) is 6.28. The molecular weight excluding hydrogens is 254 g/mol. The molecule has 2 N–H and O–H groups in total. The van der Waals surface area contributed by atoms with Crippen molar-refractivity contribution < 1.29 is 0 Å². The van der Waals surface area contributed by atoms with E-state index in [1.807, 2.05) is 6.92 Å². The lowest BCUT2D eigenvalue weighted by Crippen LogP contribution is -2.03. The normalized spacial score (nSPS) is 10.9. The van der Waals surface area contributed by atoms with Crippen molar-refractivity contribution >= 4 is 15.9 Å². The molecular formula is C11H20BrN3. The quantitative estimate of drug-likeness (QED) is 0.811. The van der Waals surface area contributed by atoms with E-state index in [4.69, 9.17) is 5.73 Å². The van der Waals surface area contributed by atoms with Gasteiger partial charge in [0.15, 0.2) is 0 Å². The molecule has 0 aliphatic heterocycles. The van der Waals surface area contributed by atoms with Crippen molar-refractivity contribution in [3.63, 3.8) is 0 Å². The summed E-state index contributed by atoms with van der Waals surface area (Å²) in [5.41, 5.74) is 7.75. The van der Waals surface area contributed by atoms with E-state index in [2.05, 4.69) is 32.6 Å². The summed E-state index contributed by atoms with van der Waals surface area (Å²) in [4.78, 5) is 0. The van der Waals surface area contributed by atoms with Gasteiger partial charge in [0.05, 0.1) is 10.2 Å². The summed E-state index contributed by atoms with van der Waals surface area (Å²) in [5.74, 6) is 0. The van der Waals surface area contributed by atoms with E-state index < -0.39 is 0 Å². The van der Waals surface area contributed by atoms with E-state index >= 15 is 0 Å². The Hall–Kier alpha value is -0.350. The van der Waals surface area contributed by atoms with Crippen LogP contribution in [0.5, 0.6) is 0 Å². The Bertz CT molecular complexity index is 307. The molecule has 15 heavy (non-hydrogen) atoms. The molecule has 0 amide bonds. The van der Waals surface area contributed by atoms with Crippen LogP contribution in [-0.4, -0.2) is 16.3 Å². The fourth-order valence-electron chi connectivity index (χ4n) is 1.65. The Labute approximate surface area is 100 Å². The van der Waals surface area contributed by atoms with Gasteiger partial charge in [-0.15, -0.1) is 0 Å². The van der Waals surface area contributed by atoms with Gasteiger partial charge in [-0.05, 0) is 49.2 Å². The molecule has 0 spiro atoms. The number of rotatable bonds is 6. The maximum absolute atomic E-state index is 5.45. The second-order valence-corrected chi connectivity index (χ2v) is 4.70. The highest BCUT2D eigenvalue weighted by atomic mass is 79.9. The zero-order chi connectivity index (χ0) is 11.3. The van der Waals surface area contributed by atoms with Gasteiger partial charge < -0.3 is 5.73 Å². The number of aryl methyl sites for hydroxylation is 2. The van der Waals surface area contributed by atoms with Crippen LogP contribution in [0, 0.1) is 13.8 Å². The average Bonchev–Trinajstić information content (AvgIpc) is 2.46. The summed E-state index contributed by atoms with van der Waals surface area (Å²) in [6.07, 6.45) is 4.80. The van der Waals surface area contributed by atoms with Crippen molar-refractivity contribution in [2.45, 2.75) is 46.1 Å². The summed E-state index contributed by atoms with van der Waals surface area (Å²) in [6.45, 7) is 5.96. The molecule has 0 radical (unpaired) electrons. The highest BCUT2D eigenvalue weighted by Gasteiger charge is 2.07. The molecule has 0 saturated heterocycles. The minimum absolute atomic E-state index is 0.811. The predicted octanol–water partition coefficient (Wildman–Crippen LogP) is 2.78. The van der Waals surface area contributed by atoms with E-state index in [0.717, 1.165) is 29.7 Å². The zero-order valence-corrected chi connectivity index (χ0v) is 11.2. The minimum atomic E-state index is 0.811. The first-order chi connectivity index (χ1) is 7.16. The monoisotopic (exact) mass is 273 g/mol. The Morgan fingerprint density at radius 3 is 2.40 bits per heavy atom. The van der Waals surface area contributed by atoms with Crippen molar-refractivity contribution in [1.29, 1.82) is 0 Å². The molecule has 86 valence electrons. The van der Waals surface area contributed by atoms with E-state index in [9.17, 15) is 0 Å². The summed E-state index contributed by atoms with van der Waals surface area (Å²) in [7, 11) is 0. The minimum Gasteiger partial charge on any atom is -0.330 e. The molecule has 0 aromatic carbocycles. The van der Waals surface area contributed by atoms with Crippen LogP contribution in [0.3, 0.4) is 0 Å². The molecule has 4 heteroatoms. The van der Waals surface area contributed by atoms with Crippen LogP contribution in [0.1, 0.15) is 37.1 Å². The van der Waals surface area contributed by atoms with Gasteiger partial charge in [-0.1, -0.05) is 12.8 Å². The maximum Gasteiger partial charge on any atom is 0.0738 e. The Morgan fingerprint density at radius 1 is 1.20 bits per heavy atom. The Morgan fingerprint density at radius 2 is 1.87 bits per heavy atom. The Balaban J connectivity index is 2.34. The topological polar surface area (TPSA) is 43.8 Å². The second-order valence-electron chi connectivity index (χ2n) is 3.91. The van der Waals surface area contributed by atoms with Crippen LogP contribution in [0.4, 0.5) is 0 Å². The standard InChI is InChI=1S/C11H20BrN3/c1-9-11(12)10(2)15(14-9)8-6-4-3-5-7-13/h3-8,13H2,1-2H3. The predicted molar refractivity (Wildman–Crippen MR) is 66.9 cm³/mol. The molecule has 0 saturated carbocycles. The van der Waals surface area contributed by atoms with E-state index in [1.165, 1.54) is 25.0 Å². The zero-order valence-electron chi connectivity index (χ0n) is 9.59. The van der Waals surface area contributed by atoms with Gasteiger partial charge in [0, 0.05) is 12.2 Å². The molecule has 0 fully saturated rings. The molecule has 0 aliphatic rings. The third-order valence-electron chi connectivity index (χ3n) is 2.62. The third-order valence-corrected chi connectivity index (χ3v) is 3.76. The molecule has 1 rings (SSSR count). The van der Waals surface area contributed by atoms with Crippen molar-refractivity contribution in [2.75, 3.05) is 6.54 Å². The average molecular weight is 274 g/mol. The molecule has 0 bridgehead atoms. The van der Waals surface area contributed by atoms with Crippen LogP contribution in [0.15, 0.2) is 4.47 Å². The van der Waals surface area contributed by atoms with E-state index in [0.29, 0.717) is 0 Å². The fourth-order valence-corrected chi connectivity index (χ4v) is 1.94. The largest absolute Gasteiger partial charge is 0.330 e. The molecule has 0 atom stereocenters. The molecule has 0 aliphatic carbocycles. The number of nitrogens with two attached hydrogens (primary N) is 1. The van der Waals surface area contributed by atoms with Crippen LogP contribution in [0.2, 0.25) is 0 Å². The van der Waals surface area contributed by atoms with Crippen molar-refractivity contribution in [2.24, 2.45) is 5.73 Å². The highest BCUT2D eigenvalue weighted by Crippen LogP contribution is 2.20. The Kier molecular flexibility index (Phi) is 5.32. The summed E-state index contributed by atoms with van der Waals surface area (Å²) in [5, 5.41) is 4.47. The summed E-state index contributed by atoms with van der Waals surface area (Å²) >= 11 is 3.53. The van der Waals surface area contributed by atoms with Gasteiger partial charge >= 0.3 is 0 Å². The lowest BCUT2D eigenvalue weighted by molar-refractivity contribution is 0.526. The van der Waals surface area contributed by atoms with E-state index in [-0.39, 0.29) is 0 Å². The third kappa shape index (κ3) is 3.61. The van der Waals surface area contributed by atoms with Crippen LogP contribution < -0.4 is 5.73 Å². The summed E-state index contributed by atoms with van der Waals surface area (Å²) in [6, 6.07) is 0. The van der Waals surface area contributed by atoms with Crippen molar-refractivity contribution in [3.05, 3.63) is 15.9 Å². The van der Waals surface area contributed by atoms with Crippen molar-refractivity contribution in [1.82, 2.24) is 9.78 Å². The number of aromatic nitrogens is 2. The molecule has 1 aromatic rings. The van der Waals surface area contributed by atoms with Gasteiger partial charge in [0.1, 0.15) is 0 Å². The van der Waals surface area contributed by atoms with Gasteiger partial charge in [0.25, 0.3) is 0 Å². The number of unbranched alkanes of at least 4 members (excludes halogenated alkanes) is 3. The first-order valence-electron chi connectivity index (χ1n) is 5.56. The number of halogens is 1. The first kappa shape index (κ1) is 12.7. The highest BCUT2D eigenvalue weighted by molar-refractivity contribution is 9.10. The lowest BCUT2D eigenvalue weighted by Gasteiger charge is -2.03. The lowest BCUT2D eigenvalue weighted by atomic mass is 10.2. The van der Waals surface area contributed by atoms with Gasteiger partial charge in [-0.25, -0.2) is 0 Å². The number of hydrogen-bond donors (Lipinski definition) is 1. The van der Waals surface area contributed by atoms with Crippen molar-refractivity contribution in [3.8, 4) is 0 Å². The molecule has 3 nitrogen and oxygen atoms in total. The molecule has 1 aromatic heterocycles. The fraction of sp³-hybridized carbons (Fsp3) is 0.727. The first-order valence-corrected chi connectivity index (χ1v) is 6.35. The van der Waals surface area contributed by atoms with E-state index in [1.54, 1.807) is 0 Å². The summed E-state index contributed by atoms with van der Waals surface area (Å²) < 4.78 is 3.23. The van der Waals surface area contributed by atoms with Crippen LogP contribution in [-0.2, 0) is 6.54 Å². The molecule has 0 unspecified atom stereocenters. The van der Waals surface area contributed by atoms with Gasteiger partial charge in [-0.3, -0.25) is 4.68 Å². The number of nitrogens with zero attached hydrogens (tertiary/aromatic N) is 2. The molecule has 1 heterocycles. The van der Waals surface area contributed by atoms with Crippen LogP contribution >= 0.6 is 15.9 Å². The smallest absolute Gasteiger partial charge is 0.0738 e. The van der Waals surface area contributed by atoms with Gasteiger partial charge in [-0.2, -0.15) is 5.10 Å². The SMILES string of the molecule is Cc1nn(CCCCCCN)c(C)c1Br. The number of hydrogen-bond acceptors (Lipinski definition) is 2.